The number of nitrogens with two attached hydrogens (primary N) is 1. The molecule has 0 amide bonds. The summed E-state index contributed by atoms with van der Waals surface area (Å²) in [6, 6.07) is 3.41. The highest BCUT2D eigenvalue weighted by Crippen LogP contribution is 2.20. The van der Waals surface area contributed by atoms with Gasteiger partial charge < -0.3 is 10.6 Å². The van der Waals surface area contributed by atoms with E-state index in [1.54, 1.807) is 0 Å². The SMILES string of the molecule is N#CCCCCN1CCC(N2CCC(N)CC2)C1. The molecule has 2 saturated heterocycles. The van der Waals surface area contributed by atoms with E-state index in [4.69, 9.17) is 11.0 Å². The molecule has 2 fully saturated rings. The van der Waals surface area contributed by atoms with Crippen LogP contribution in [0, 0.1) is 11.3 Å². The number of piperidine rings is 1. The number of nitriles is 1. The molecule has 0 bridgehead atoms. The zero-order chi connectivity index (χ0) is 12.8. The monoisotopic (exact) mass is 250 g/mol. The lowest BCUT2D eigenvalue weighted by Gasteiger charge is -2.34. The number of hydrogen-bond donors (Lipinski definition) is 1. The molecule has 102 valence electrons. The van der Waals surface area contributed by atoms with Gasteiger partial charge in [0.15, 0.2) is 0 Å². The molecule has 18 heavy (non-hydrogen) atoms. The minimum atomic E-state index is 0.435. The molecule has 4 heteroatoms. The van der Waals surface area contributed by atoms with Crippen LogP contribution < -0.4 is 5.73 Å². The minimum Gasteiger partial charge on any atom is -0.328 e. The minimum absolute atomic E-state index is 0.435. The lowest BCUT2D eigenvalue weighted by molar-refractivity contribution is 0.152. The van der Waals surface area contributed by atoms with Gasteiger partial charge in [-0.1, -0.05) is 0 Å². The third-order valence-corrected chi connectivity index (χ3v) is 4.35. The van der Waals surface area contributed by atoms with Crippen molar-refractivity contribution >= 4 is 0 Å². The predicted octanol–water partition coefficient (Wildman–Crippen LogP) is 1.18. The summed E-state index contributed by atoms with van der Waals surface area (Å²) in [5, 5.41) is 8.51. The third-order valence-electron chi connectivity index (χ3n) is 4.35. The van der Waals surface area contributed by atoms with Crippen molar-refractivity contribution in [2.75, 3.05) is 32.7 Å². The number of hydrogen-bond acceptors (Lipinski definition) is 4. The Balaban J connectivity index is 1.64. The first-order valence-corrected chi connectivity index (χ1v) is 7.38. The first-order chi connectivity index (χ1) is 8.79. The summed E-state index contributed by atoms with van der Waals surface area (Å²) in [6.07, 6.45) is 6.58. The molecule has 2 rings (SSSR count). The quantitative estimate of drug-likeness (QED) is 0.744. The van der Waals surface area contributed by atoms with Gasteiger partial charge in [0.25, 0.3) is 0 Å². The Labute approximate surface area is 111 Å². The highest BCUT2D eigenvalue weighted by molar-refractivity contribution is 4.86. The van der Waals surface area contributed by atoms with Gasteiger partial charge in [0.2, 0.25) is 0 Å². The maximum absolute atomic E-state index is 8.51. The molecule has 2 aliphatic heterocycles. The van der Waals surface area contributed by atoms with E-state index in [0.717, 1.165) is 12.5 Å². The van der Waals surface area contributed by atoms with E-state index < -0.39 is 0 Å². The first kappa shape index (κ1) is 13.8. The molecular formula is C14H26N4. The topological polar surface area (TPSA) is 56.3 Å². The number of likely N-dealkylation sites (tertiary alicyclic amines) is 2. The Hall–Kier alpha value is -0.630. The lowest BCUT2D eigenvalue weighted by Crippen LogP contribution is -2.46. The number of unbranched alkanes of at least 4 members (excludes halogenated alkanes) is 2. The Morgan fingerprint density at radius 3 is 2.61 bits per heavy atom. The van der Waals surface area contributed by atoms with Crippen LogP contribution in [-0.2, 0) is 0 Å². The van der Waals surface area contributed by atoms with Crippen LogP contribution in [0.5, 0.6) is 0 Å². The van der Waals surface area contributed by atoms with Gasteiger partial charge >= 0.3 is 0 Å². The van der Waals surface area contributed by atoms with Crippen molar-refractivity contribution in [3.8, 4) is 6.07 Å². The van der Waals surface area contributed by atoms with E-state index in [9.17, 15) is 0 Å². The highest BCUT2D eigenvalue weighted by Gasteiger charge is 2.29. The largest absolute Gasteiger partial charge is 0.328 e. The highest BCUT2D eigenvalue weighted by atomic mass is 15.3. The standard InChI is InChI=1S/C14H26N4/c15-7-2-1-3-8-17-9-6-14(12-17)18-10-4-13(16)5-11-18/h13-14H,1-6,8-12,16H2. The van der Waals surface area contributed by atoms with Crippen LogP contribution in [0.3, 0.4) is 0 Å². The van der Waals surface area contributed by atoms with Gasteiger partial charge in [-0.2, -0.15) is 5.26 Å². The van der Waals surface area contributed by atoms with E-state index in [1.807, 2.05) is 0 Å². The van der Waals surface area contributed by atoms with E-state index >= 15 is 0 Å². The van der Waals surface area contributed by atoms with Crippen molar-refractivity contribution in [2.45, 2.75) is 50.6 Å². The molecule has 0 aromatic heterocycles. The van der Waals surface area contributed by atoms with Crippen molar-refractivity contribution in [1.29, 1.82) is 5.26 Å². The molecule has 0 aliphatic carbocycles. The molecule has 2 N–H and O–H groups in total. The average molecular weight is 250 g/mol. The van der Waals surface area contributed by atoms with Crippen LogP contribution >= 0.6 is 0 Å². The van der Waals surface area contributed by atoms with E-state index in [-0.39, 0.29) is 0 Å². The molecule has 0 spiro atoms. The van der Waals surface area contributed by atoms with Crippen molar-refractivity contribution in [3.63, 3.8) is 0 Å². The Bertz CT molecular complexity index is 278. The fourth-order valence-corrected chi connectivity index (χ4v) is 3.14. The van der Waals surface area contributed by atoms with Crippen molar-refractivity contribution in [2.24, 2.45) is 5.73 Å². The molecule has 0 saturated carbocycles. The summed E-state index contributed by atoms with van der Waals surface area (Å²) in [5.41, 5.74) is 5.95. The van der Waals surface area contributed by atoms with Crippen LogP contribution in [0.1, 0.15) is 38.5 Å². The summed E-state index contributed by atoms with van der Waals surface area (Å²) in [6.45, 7) is 6.01. The van der Waals surface area contributed by atoms with Gasteiger partial charge in [-0.15, -0.1) is 0 Å². The fraction of sp³-hybridized carbons (Fsp3) is 0.929. The molecular weight excluding hydrogens is 224 g/mol. The van der Waals surface area contributed by atoms with Crippen LogP contribution in [0.4, 0.5) is 0 Å². The fourth-order valence-electron chi connectivity index (χ4n) is 3.14. The zero-order valence-electron chi connectivity index (χ0n) is 11.4. The van der Waals surface area contributed by atoms with Crippen LogP contribution in [0.15, 0.2) is 0 Å². The van der Waals surface area contributed by atoms with Gasteiger partial charge in [-0.3, -0.25) is 4.90 Å². The Morgan fingerprint density at radius 2 is 1.89 bits per heavy atom. The van der Waals surface area contributed by atoms with Crippen LogP contribution in [-0.4, -0.2) is 54.6 Å². The second kappa shape index (κ2) is 7.08. The van der Waals surface area contributed by atoms with Gasteiger partial charge in [0.05, 0.1) is 6.07 Å². The molecule has 4 nitrogen and oxygen atoms in total. The molecule has 1 unspecified atom stereocenters. The number of nitrogens with zero attached hydrogens (tertiary/aromatic N) is 3. The summed E-state index contributed by atoms with van der Waals surface area (Å²) in [4.78, 5) is 5.20. The van der Waals surface area contributed by atoms with E-state index in [2.05, 4.69) is 15.9 Å². The maximum atomic E-state index is 8.51. The maximum Gasteiger partial charge on any atom is 0.0621 e. The van der Waals surface area contributed by atoms with Gasteiger partial charge in [-0.05, 0) is 58.3 Å². The van der Waals surface area contributed by atoms with Crippen molar-refractivity contribution in [3.05, 3.63) is 0 Å². The second-order valence-corrected chi connectivity index (χ2v) is 5.73. The molecule has 0 aromatic rings. The molecule has 0 radical (unpaired) electrons. The summed E-state index contributed by atoms with van der Waals surface area (Å²) in [7, 11) is 0. The molecule has 1 atom stereocenters. The third kappa shape index (κ3) is 3.94. The number of rotatable bonds is 5. The molecule has 2 heterocycles. The normalized spacial score (nSPS) is 27.4. The average Bonchev–Trinajstić information content (AvgIpc) is 2.84. The van der Waals surface area contributed by atoms with Crippen LogP contribution in [0.2, 0.25) is 0 Å². The van der Waals surface area contributed by atoms with Gasteiger partial charge in [0.1, 0.15) is 0 Å². The lowest BCUT2D eigenvalue weighted by atomic mass is 10.0. The second-order valence-electron chi connectivity index (χ2n) is 5.73. The molecule has 2 aliphatic rings. The van der Waals surface area contributed by atoms with Gasteiger partial charge in [-0.25, -0.2) is 0 Å². The Morgan fingerprint density at radius 1 is 1.11 bits per heavy atom. The van der Waals surface area contributed by atoms with E-state index in [0.29, 0.717) is 12.5 Å². The summed E-state index contributed by atoms with van der Waals surface area (Å²) >= 11 is 0. The van der Waals surface area contributed by atoms with Crippen LogP contribution in [0.25, 0.3) is 0 Å². The first-order valence-electron chi connectivity index (χ1n) is 7.38. The summed E-state index contributed by atoms with van der Waals surface area (Å²) < 4.78 is 0. The van der Waals surface area contributed by atoms with E-state index in [1.165, 1.54) is 58.4 Å². The Kier molecular flexibility index (Phi) is 5.43. The molecule has 0 aromatic carbocycles. The summed E-state index contributed by atoms with van der Waals surface area (Å²) in [5.74, 6) is 0. The predicted molar refractivity (Wildman–Crippen MR) is 73.1 cm³/mol. The van der Waals surface area contributed by atoms with Crippen molar-refractivity contribution in [1.82, 2.24) is 9.80 Å². The van der Waals surface area contributed by atoms with Crippen molar-refractivity contribution < 1.29 is 0 Å². The smallest absolute Gasteiger partial charge is 0.0621 e. The zero-order valence-corrected chi connectivity index (χ0v) is 11.4. The van der Waals surface area contributed by atoms with Gasteiger partial charge in [0, 0.05) is 25.0 Å².